The maximum Gasteiger partial charge on any atom is 0.213 e. The van der Waals surface area contributed by atoms with Gasteiger partial charge in [0.2, 0.25) is 5.88 Å². The van der Waals surface area contributed by atoms with Crippen LogP contribution in [0, 0.1) is 11.3 Å². The molecule has 19 heavy (non-hydrogen) atoms. The van der Waals surface area contributed by atoms with Crippen molar-refractivity contribution in [3.05, 3.63) is 23.9 Å². The van der Waals surface area contributed by atoms with Gasteiger partial charge in [-0.3, -0.25) is 0 Å². The maximum absolute atomic E-state index is 6.09. The van der Waals surface area contributed by atoms with Gasteiger partial charge in [-0.15, -0.1) is 0 Å². The van der Waals surface area contributed by atoms with Crippen molar-refractivity contribution in [2.24, 2.45) is 17.1 Å². The molecule has 0 aliphatic heterocycles. The second kappa shape index (κ2) is 5.49. The van der Waals surface area contributed by atoms with E-state index in [0.29, 0.717) is 17.2 Å². The van der Waals surface area contributed by atoms with E-state index in [1.807, 2.05) is 19.1 Å². The summed E-state index contributed by atoms with van der Waals surface area (Å²) in [5, 5.41) is 0. The molecule has 3 atom stereocenters. The Hall–Kier alpha value is -1.09. The first-order chi connectivity index (χ1) is 8.85. The molecule has 0 amide bonds. The van der Waals surface area contributed by atoms with Gasteiger partial charge in [0.25, 0.3) is 0 Å². The summed E-state index contributed by atoms with van der Waals surface area (Å²) in [7, 11) is 0. The van der Waals surface area contributed by atoms with Gasteiger partial charge in [0.05, 0.1) is 0 Å². The lowest BCUT2D eigenvalue weighted by Gasteiger charge is -2.38. The van der Waals surface area contributed by atoms with Crippen LogP contribution < -0.4 is 10.5 Å². The Morgan fingerprint density at radius 2 is 2.16 bits per heavy atom. The second-order valence-corrected chi connectivity index (χ2v) is 6.87. The summed E-state index contributed by atoms with van der Waals surface area (Å²) in [5.74, 6) is 1.43. The number of rotatable bonds is 3. The van der Waals surface area contributed by atoms with Gasteiger partial charge in [-0.05, 0) is 49.1 Å². The van der Waals surface area contributed by atoms with Crippen LogP contribution in [0.15, 0.2) is 18.3 Å². The maximum atomic E-state index is 6.09. The van der Waals surface area contributed by atoms with Crippen molar-refractivity contribution in [2.45, 2.75) is 59.1 Å². The van der Waals surface area contributed by atoms with Crippen molar-refractivity contribution in [3.8, 4) is 5.88 Å². The quantitative estimate of drug-likeness (QED) is 0.903. The standard InChI is InChI=1S/C16H26N2O/c1-11-7-14(10-16(3,4)9-11)19-15-8-13(12(2)17)5-6-18-15/h5-6,8,11-12,14H,7,9-10,17H2,1-4H3/t11?,12-,14?/m0/s1. The second-order valence-electron chi connectivity index (χ2n) is 6.87. The van der Waals surface area contributed by atoms with Gasteiger partial charge in [0.1, 0.15) is 6.10 Å². The molecule has 1 aliphatic carbocycles. The predicted octanol–water partition coefficient (Wildman–Crippen LogP) is 3.69. The zero-order valence-corrected chi connectivity index (χ0v) is 12.5. The van der Waals surface area contributed by atoms with Gasteiger partial charge in [-0.2, -0.15) is 0 Å². The van der Waals surface area contributed by atoms with Crippen molar-refractivity contribution in [3.63, 3.8) is 0 Å². The summed E-state index contributed by atoms with van der Waals surface area (Å²) < 4.78 is 6.09. The van der Waals surface area contributed by atoms with E-state index in [1.165, 1.54) is 6.42 Å². The van der Waals surface area contributed by atoms with Crippen LogP contribution in [-0.2, 0) is 0 Å². The molecule has 2 rings (SSSR count). The molecule has 2 unspecified atom stereocenters. The van der Waals surface area contributed by atoms with E-state index in [4.69, 9.17) is 10.5 Å². The number of nitrogens with zero attached hydrogens (tertiary/aromatic N) is 1. The molecule has 0 radical (unpaired) electrons. The predicted molar refractivity (Wildman–Crippen MR) is 78.1 cm³/mol. The first kappa shape index (κ1) is 14.3. The number of hydrogen-bond donors (Lipinski definition) is 1. The Labute approximate surface area is 116 Å². The van der Waals surface area contributed by atoms with Crippen LogP contribution in [0.3, 0.4) is 0 Å². The molecule has 1 heterocycles. The molecule has 0 saturated heterocycles. The van der Waals surface area contributed by atoms with Gasteiger partial charge in [-0.1, -0.05) is 20.8 Å². The fraction of sp³-hybridized carbons (Fsp3) is 0.688. The highest BCUT2D eigenvalue weighted by molar-refractivity contribution is 5.23. The normalized spacial score (nSPS) is 27.8. The molecule has 0 aromatic carbocycles. The van der Waals surface area contributed by atoms with E-state index in [1.54, 1.807) is 6.20 Å². The van der Waals surface area contributed by atoms with Gasteiger partial charge >= 0.3 is 0 Å². The Balaban J connectivity index is 2.06. The van der Waals surface area contributed by atoms with Crippen LogP contribution in [0.5, 0.6) is 5.88 Å². The minimum atomic E-state index is 0.0204. The molecule has 1 fully saturated rings. The molecule has 3 nitrogen and oxygen atoms in total. The third-order valence-corrected chi connectivity index (χ3v) is 3.92. The summed E-state index contributed by atoms with van der Waals surface area (Å²) in [6, 6.07) is 3.94. The van der Waals surface area contributed by atoms with E-state index in [2.05, 4.69) is 25.8 Å². The van der Waals surface area contributed by atoms with Crippen molar-refractivity contribution < 1.29 is 4.74 Å². The average Bonchev–Trinajstić information content (AvgIpc) is 2.26. The molecular formula is C16H26N2O. The van der Waals surface area contributed by atoms with E-state index in [0.717, 1.165) is 18.4 Å². The van der Waals surface area contributed by atoms with Gasteiger partial charge in [-0.25, -0.2) is 4.98 Å². The summed E-state index contributed by atoms with van der Waals surface area (Å²) >= 11 is 0. The molecule has 2 N–H and O–H groups in total. The molecular weight excluding hydrogens is 236 g/mol. The largest absolute Gasteiger partial charge is 0.474 e. The van der Waals surface area contributed by atoms with E-state index in [-0.39, 0.29) is 12.1 Å². The number of nitrogens with two attached hydrogens (primary N) is 1. The van der Waals surface area contributed by atoms with Crippen molar-refractivity contribution >= 4 is 0 Å². The highest BCUT2D eigenvalue weighted by Gasteiger charge is 2.33. The topological polar surface area (TPSA) is 48.1 Å². The SMILES string of the molecule is CC1CC(Oc2cc([C@H](C)N)ccn2)CC(C)(C)C1. The lowest BCUT2D eigenvalue weighted by atomic mass is 9.71. The van der Waals surface area contributed by atoms with Gasteiger partial charge in [0.15, 0.2) is 0 Å². The third-order valence-electron chi connectivity index (χ3n) is 3.92. The Morgan fingerprint density at radius 3 is 2.79 bits per heavy atom. The number of ether oxygens (including phenoxy) is 1. The molecule has 106 valence electrons. The van der Waals surface area contributed by atoms with Crippen LogP contribution in [-0.4, -0.2) is 11.1 Å². The van der Waals surface area contributed by atoms with Crippen LogP contribution >= 0.6 is 0 Å². The van der Waals surface area contributed by atoms with Gasteiger partial charge in [0, 0.05) is 18.3 Å². The minimum absolute atomic E-state index is 0.0204. The Morgan fingerprint density at radius 1 is 1.42 bits per heavy atom. The number of hydrogen-bond acceptors (Lipinski definition) is 3. The van der Waals surface area contributed by atoms with Gasteiger partial charge < -0.3 is 10.5 Å². The average molecular weight is 262 g/mol. The molecule has 1 aliphatic rings. The Kier molecular flexibility index (Phi) is 4.14. The molecule has 3 heteroatoms. The molecule has 0 bridgehead atoms. The zero-order valence-electron chi connectivity index (χ0n) is 12.5. The smallest absolute Gasteiger partial charge is 0.213 e. The Bertz CT molecular complexity index is 429. The van der Waals surface area contributed by atoms with E-state index in [9.17, 15) is 0 Å². The van der Waals surface area contributed by atoms with Crippen molar-refractivity contribution in [1.29, 1.82) is 0 Å². The monoisotopic (exact) mass is 262 g/mol. The van der Waals surface area contributed by atoms with Crippen LogP contribution in [0.25, 0.3) is 0 Å². The lowest BCUT2D eigenvalue weighted by molar-refractivity contribution is 0.0532. The van der Waals surface area contributed by atoms with Crippen LogP contribution in [0.2, 0.25) is 0 Å². The zero-order chi connectivity index (χ0) is 14.0. The highest BCUT2D eigenvalue weighted by Crippen LogP contribution is 2.39. The fourth-order valence-electron chi connectivity index (χ4n) is 3.29. The summed E-state index contributed by atoms with van der Waals surface area (Å²) in [4.78, 5) is 4.31. The van der Waals surface area contributed by atoms with Crippen LogP contribution in [0.1, 0.15) is 58.6 Å². The first-order valence-corrected chi connectivity index (χ1v) is 7.24. The number of aromatic nitrogens is 1. The lowest BCUT2D eigenvalue weighted by Crippen LogP contribution is -2.34. The molecule has 1 aromatic heterocycles. The molecule has 0 spiro atoms. The highest BCUT2D eigenvalue weighted by atomic mass is 16.5. The fourth-order valence-corrected chi connectivity index (χ4v) is 3.29. The molecule has 1 saturated carbocycles. The molecule has 1 aromatic rings. The summed E-state index contributed by atoms with van der Waals surface area (Å²) in [5.41, 5.74) is 7.34. The van der Waals surface area contributed by atoms with Crippen molar-refractivity contribution in [2.75, 3.05) is 0 Å². The third kappa shape index (κ3) is 3.93. The number of pyridine rings is 1. The van der Waals surface area contributed by atoms with E-state index >= 15 is 0 Å². The summed E-state index contributed by atoms with van der Waals surface area (Å²) in [6.07, 6.45) is 5.55. The van der Waals surface area contributed by atoms with E-state index < -0.39 is 0 Å². The summed E-state index contributed by atoms with van der Waals surface area (Å²) in [6.45, 7) is 8.93. The minimum Gasteiger partial charge on any atom is -0.474 e. The first-order valence-electron chi connectivity index (χ1n) is 7.24. The van der Waals surface area contributed by atoms with Crippen LogP contribution in [0.4, 0.5) is 0 Å². The van der Waals surface area contributed by atoms with Crippen molar-refractivity contribution in [1.82, 2.24) is 4.98 Å².